The molecule has 0 bridgehead atoms. The molecule has 0 aromatic heterocycles. The first-order chi connectivity index (χ1) is 11.6. The van der Waals surface area contributed by atoms with Gasteiger partial charge in [-0.05, 0) is 51.1 Å². The molecule has 0 radical (unpaired) electrons. The molecule has 1 atom stereocenters. The zero-order valence-electron chi connectivity index (χ0n) is 14.8. The minimum atomic E-state index is -0.412. The maximum atomic E-state index is 13.1. The summed E-state index contributed by atoms with van der Waals surface area (Å²) in [6, 6.07) is 5.68. The van der Waals surface area contributed by atoms with Gasteiger partial charge in [-0.15, -0.1) is 0 Å². The third kappa shape index (κ3) is 5.87. The van der Waals surface area contributed by atoms with Gasteiger partial charge >= 0.3 is 0 Å². The number of nitrogens with one attached hydrogen (secondary N) is 1. The van der Waals surface area contributed by atoms with E-state index < -0.39 is 6.04 Å². The maximum Gasteiger partial charge on any atom is 0.241 e. The van der Waals surface area contributed by atoms with Gasteiger partial charge < -0.3 is 10.1 Å². The lowest BCUT2D eigenvalue weighted by molar-refractivity contribution is -0.125. The molecule has 1 aliphatic carbocycles. The topological polar surface area (TPSA) is 41.6 Å². The number of carbonyl (C=O) groups is 1. The van der Waals surface area contributed by atoms with Crippen molar-refractivity contribution in [2.75, 3.05) is 27.2 Å². The lowest BCUT2D eigenvalue weighted by Gasteiger charge is -2.24. The van der Waals surface area contributed by atoms with Crippen LogP contribution < -0.4 is 5.32 Å². The summed E-state index contributed by atoms with van der Waals surface area (Å²) in [6.07, 6.45) is 7.41. The second-order valence-electron chi connectivity index (χ2n) is 6.69. The number of likely N-dealkylation sites (N-methyl/N-ethyl adjacent to an activating group) is 1. The predicted molar refractivity (Wildman–Crippen MR) is 93.3 cm³/mol. The Hall–Kier alpha value is -1.46. The van der Waals surface area contributed by atoms with Crippen molar-refractivity contribution in [3.8, 4) is 0 Å². The molecule has 0 aliphatic heterocycles. The molecule has 1 amide bonds. The van der Waals surface area contributed by atoms with Crippen LogP contribution in [0.25, 0.3) is 0 Å². The lowest BCUT2D eigenvalue weighted by Crippen LogP contribution is -2.37. The number of nitrogens with zero attached hydrogens (tertiary/aromatic N) is 1. The zero-order valence-corrected chi connectivity index (χ0v) is 14.8. The number of ether oxygens (including phenoxy) is 1. The highest BCUT2D eigenvalue weighted by molar-refractivity contribution is 5.83. The number of amides is 1. The first kappa shape index (κ1) is 18.9. The quantitative estimate of drug-likeness (QED) is 0.741. The Morgan fingerprint density at radius 2 is 1.92 bits per heavy atom. The van der Waals surface area contributed by atoms with Gasteiger partial charge in [-0.2, -0.15) is 0 Å². The third-order valence-electron chi connectivity index (χ3n) is 4.48. The molecular formula is C19H29FN2O2. The Labute approximate surface area is 144 Å². The molecule has 24 heavy (non-hydrogen) atoms. The average Bonchev–Trinajstić information content (AvgIpc) is 2.57. The van der Waals surface area contributed by atoms with Crippen LogP contribution in [0.5, 0.6) is 0 Å². The molecule has 1 saturated carbocycles. The van der Waals surface area contributed by atoms with Crippen molar-refractivity contribution in [2.45, 2.75) is 50.7 Å². The summed E-state index contributed by atoms with van der Waals surface area (Å²) in [5.41, 5.74) is 0.789. The van der Waals surface area contributed by atoms with Gasteiger partial charge in [0.1, 0.15) is 11.9 Å². The molecule has 0 unspecified atom stereocenters. The molecule has 1 fully saturated rings. The van der Waals surface area contributed by atoms with Crippen molar-refractivity contribution < 1.29 is 13.9 Å². The van der Waals surface area contributed by atoms with Crippen molar-refractivity contribution in [3.63, 3.8) is 0 Å². The Balaban J connectivity index is 1.73. The summed E-state index contributed by atoms with van der Waals surface area (Å²) < 4.78 is 18.9. The van der Waals surface area contributed by atoms with E-state index in [0.717, 1.165) is 12.0 Å². The van der Waals surface area contributed by atoms with E-state index in [-0.39, 0.29) is 11.7 Å². The largest absolute Gasteiger partial charge is 0.378 e. The van der Waals surface area contributed by atoms with Crippen LogP contribution in [0.4, 0.5) is 4.39 Å². The summed E-state index contributed by atoms with van der Waals surface area (Å²) in [6.45, 7) is 1.28. The average molecular weight is 336 g/mol. The van der Waals surface area contributed by atoms with Crippen molar-refractivity contribution in [3.05, 3.63) is 35.6 Å². The van der Waals surface area contributed by atoms with E-state index in [9.17, 15) is 9.18 Å². The molecular weight excluding hydrogens is 307 g/mol. The number of hydrogen-bond donors (Lipinski definition) is 1. The molecule has 1 N–H and O–H groups in total. The second kappa shape index (κ2) is 9.74. The van der Waals surface area contributed by atoms with Gasteiger partial charge in [-0.25, -0.2) is 4.39 Å². The first-order valence-electron chi connectivity index (χ1n) is 8.89. The highest BCUT2D eigenvalue weighted by Gasteiger charge is 2.22. The standard InChI is InChI=1S/C19H29FN2O2/c1-22(2)18(15-9-11-16(20)12-10-15)19(23)21-13-6-14-24-17-7-4-3-5-8-17/h9-12,17-18H,3-8,13-14H2,1-2H3,(H,21,23)/t18-/m0/s1. The third-order valence-corrected chi connectivity index (χ3v) is 4.48. The van der Waals surface area contributed by atoms with Crippen molar-refractivity contribution in [2.24, 2.45) is 0 Å². The molecule has 5 heteroatoms. The Morgan fingerprint density at radius 3 is 2.54 bits per heavy atom. The van der Waals surface area contributed by atoms with Crippen LogP contribution in [0.1, 0.15) is 50.1 Å². The van der Waals surface area contributed by atoms with E-state index in [4.69, 9.17) is 4.74 Å². The maximum absolute atomic E-state index is 13.1. The highest BCUT2D eigenvalue weighted by atomic mass is 19.1. The number of rotatable bonds is 8. The van der Waals surface area contributed by atoms with Gasteiger partial charge in [0, 0.05) is 13.2 Å². The summed E-state index contributed by atoms with van der Waals surface area (Å²) in [5.74, 6) is -0.360. The molecule has 0 spiro atoms. The van der Waals surface area contributed by atoms with Crippen molar-refractivity contribution in [1.29, 1.82) is 0 Å². The molecule has 0 saturated heterocycles. The van der Waals surface area contributed by atoms with E-state index in [2.05, 4.69) is 5.32 Å². The molecule has 2 rings (SSSR count). The highest BCUT2D eigenvalue weighted by Crippen LogP contribution is 2.20. The van der Waals surface area contributed by atoms with Gasteiger partial charge in [0.15, 0.2) is 0 Å². The Kier molecular flexibility index (Phi) is 7.66. The fourth-order valence-electron chi connectivity index (χ4n) is 3.19. The van der Waals surface area contributed by atoms with E-state index in [1.54, 1.807) is 12.1 Å². The van der Waals surface area contributed by atoms with E-state index in [1.165, 1.54) is 44.2 Å². The zero-order chi connectivity index (χ0) is 17.4. The Morgan fingerprint density at radius 1 is 1.25 bits per heavy atom. The molecule has 4 nitrogen and oxygen atoms in total. The minimum absolute atomic E-state index is 0.0655. The van der Waals surface area contributed by atoms with Gasteiger partial charge in [0.25, 0.3) is 0 Å². The van der Waals surface area contributed by atoms with Crippen LogP contribution >= 0.6 is 0 Å². The SMILES string of the molecule is CN(C)[C@H](C(=O)NCCCOC1CCCCC1)c1ccc(F)cc1. The molecule has 1 aliphatic rings. The molecule has 1 aromatic carbocycles. The smallest absolute Gasteiger partial charge is 0.241 e. The first-order valence-corrected chi connectivity index (χ1v) is 8.89. The van der Waals surface area contributed by atoms with Gasteiger partial charge in [0.05, 0.1) is 6.10 Å². The number of halogens is 1. The number of benzene rings is 1. The van der Waals surface area contributed by atoms with E-state index in [1.807, 2.05) is 19.0 Å². The van der Waals surface area contributed by atoms with Crippen LogP contribution in [0.15, 0.2) is 24.3 Å². The summed E-state index contributed by atoms with van der Waals surface area (Å²) >= 11 is 0. The number of carbonyl (C=O) groups excluding carboxylic acids is 1. The monoisotopic (exact) mass is 336 g/mol. The number of hydrogen-bond acceptors (Lipinski definition) is 3. The summed E-state index contributed by atoms with van der Waals surface area (Å²) in [7, 11) is 3.69. The van der Waals surface area contributed by atoms with Crippen LogP contribution in [0.3, 0.4) is 0 Å². The minimum Gasteiger partial charge on any atom is -0.378 e. The lowest BCUT2D eigenvalue weighted by atomic mass is 9.98. The van der Waals surface area contributed by atoms with E-state index >= 15 is 0 Å². The summed E-state index contributed by atoms with van der Waals surface area (Å²) in [4.78, 5) is 14.3. The Bertz CT molecular complexity index is 499. The molecule has 1 aromatic rings. The fourth-order valence-corrected chi connectivity index (χ4v) is 3.19. The fraction of sp³-hybridized carbons (Fsp3) is 0.632. The van der Waals surface area contributed by atoms with E-state index in [0.29, 0.717) is 19.3 Å². The van der Waals surface area contributed by atoms with Crippen LogP contribution in [-0.4, -0.2) is 44.2 Å². The van der Waals surface area contributed by atoms with Crippen LogP contribution in [0, 0.1) is 5.82 Å². The molecule has 0 heterocycles. The summed E-state index contributed by atoms with van der Waals surface area (Å²) in [5, 5.41) is 2.96. The van der Waals surface area contributed by atoms with Gasteiger partial charge in [-0.1, -0.05) is 31.4 Å². The van der Waals surface area contributed by atoms with Gasteiger partial charge in [0.2, 0.25) is 5.91 Å². The van der Waals surface area contributed by atoms with Crippen LogP contribution in [0.2, 0.25) is 0 Å². The predicted octanol–water partition coefficient (Wildman–Crippen LogP) is 3.28. The van der Waals surface area contributed by atoms with Crippen molar-refractivity contribution >= 4 is 5.91 Å². The van der Waals surface area contributed by atoms with Crippen molar-refractivity contribution in [1.82, 2.24) is 10.2 Å². The van der Waals surface area contributed by atoms with Crippen LogP contribution in [-0.2, 0) is 9.53 Å². The van der Waals surface area contributed by atoms with Gasteiger partial charge in [-0.3, -0.25) is 9.69 Å². The second-order valence-corrected chi connectivity index (χ2v) is 6.69. The molecule has 134 valence electrons. The normalized spacial score (nSPS) is 17.0.